The predicted octanol–water partition coefficient (Wildman–Crippen LogP) is 0.230. The lowest BCUT2D eigenvalue weighted by atomic mass is 9.97. The van der Waals surface area contributed by atoms with Gasteiger partial charge in [-0.3, -0.25) is 4.79 Å². The van der Waals surface area contributed by atoms with Crippen LogP contribution in [0.1, 0.15) is 19.8 Å². The molecule has 0 radical (unpaired) electrons. The van der Waals surface area contributed by atoms with Gasteiger partial charge in [0.2, 0.25) is 5.91 Å². The molecule has 0 aromatic rings. The number of ether oxygens (including phenoxy) is 2. The van der Waals surface area contributed by atoms with E-state index in [0.717, 1.165) is 0 Å². The fraction of sp³-hybridized carbons (Fsp3) is 0.750. The SMILES string of the molecule is COC(=O)[C@@H](NC(=O)[C@H]1CCOC1)[C@@H](C)CC#N. The van der Waals surface area contributed by atoms with E-state index in [-0.39, 0.29) is 24.2 Å². The van der Waals surface area contributed by atoms with Crippen molar-refractivity contribution in [2.45, 2.75) is 25.8 Å². The minimum Gasteiger partial charge on any atom is -0.467 e. The smallest absolute Gasteiger partial charge is 0.328 e. The Labute approximate surface area is 106 Å². The number of nitrogens with one attached hydrogen (secondary N) is 1. The summed E-state index contributed by atoms with van der Waals surface area (Å²) in [5, 5.41) is 11.3. The van der Waals surface area contributed by atoms with Crippen LogP contribution in [0.2, 0.25) is 0 Å². The maximum absolute atomic E-state index is 11.9. The lowest BCUT2D eigenvalue weighted by molar-refractivity contribution is -0.147. The summed E-state index contributed by atoms with van der Waals surface area (Å²) < 4.78 is 9.77. The first-order valence-corrected chi connectivity index (χ1v) is 5.93. The molecule has 100 valence electrons. The lowest BCUT2D eigenvalue weighted by Crippen LogP contribution is -2.48. The summed E-state index contributed by atoms with van der Waals surface area (Å²) in [7, 11) is 1.26. The number of carbonyl (C=O) groups excluding carboxylic acids is 2. The monoisotopic (exact) mass is 254 g/mol. The number of carbonyl (C=O) groups is 2. The van der Waals surface area contributed by atoms with Crippen molar-refractivity contribution >= 4 is 11.9 Å². The molecule has 0 aliphatic carbocycles. The highest BCUT2D eigenvalue weighted by atomic mass is 16.5. The van der Waals surface area contributed by atoms with Gasteiger partial charge in [0.1, 0.15) is 6.04 Å². The molecule has 1 aliphatic rings. The van der Waals surface area contributed by atoms with Crippen LogP contribution in [0.3, 0.4) is 0 Å². The standard InChI is InChI=1S/C12H18N2O4/c1-8(3-5-13)10(12(16)17-2)14-11(15)9-4-6-18-7-9/h8-10H,3-4,6-7H2,1-2H3,(H,14,15)/t8-,9-,10-/m0/s1. The summed E-state index contributed by atoms with van der Waals surface area (Å²) in [6, 6.07) is 1.21. The minimum absolute atomic E-state index is 0.182. The number of methoxy groups -OCH3 is 1. The molecule has 1 fully saturated rings. The van der Waals surface area contributed by atoms with E-state index in [0.29, 0.717) is 19.6 Å². The summed E-state index contributed by atoms with van der Waals surface area (Å²) in [4.78, 5) is 23.5. The maximum Gasteiger partial charge on any atom is 0.328 e. The second-order valence-corrected chi connectivity index (χ2v) is 4.41. The quantitative estimate of drug-likeness (QED) is 0.709. The third-order valence-corrected chi connectivity index (χ3v) is 3.04. The molecule has 1 N–H and O–H groups in total. The Hall–Kier alpha value is -1.61. The van der Waals surface area contributed by atoms with Crippen molar-refractivity contribution < 1.29 is 19.1 Å². The van der Waals surface area contributed by atoms with Crippen LogP contribution in [-0.2, 0) is 19.1 Å². The largest absolute Gasteiger partial charge is 0.467 e. The van der Waals surface area contributed by atoms with Gasteiger partial charge < -0.3 is 14.8 Å². The average molecular weight is 254 g/mol. The summed E-state index contributed by atoms with van der Waals surface area (Å²) in [6.45, 7) is 2.68. The van der Waals surface area contributed by atoms with Gasteiger partial charge in [0.15, 0.2) is 0 Å². The Morgan fingerprint density at radius 2 is 2.33 bits per heavy atom. The van der Waals surface area contributed by atoms with Crippen LogP contribution in [0.25, 0.3) is 0 Å². The fourth-order valence-electron chi connectivity index (χ4n) is 1.83. The molecule has 18 heavy (non-hydrogen) atoms. The van der Waals surface area contributed by atoms with E-state index in [9.17, 15) is 9.59 Å². The van der Waals surface area contributed by atoms with Gasteiger partial charge in [0.05, 0.1) is 25.7 Å². The first-order valence-electron chi connectivity index (χ1n) is 5.93. The van der Waals surface area contributed by atoms with Gasteiger partial charge in [-0.2, -0.15) is 5.26 Å². The van der Waals surface area contributed by atoms with E-state index >= 15 is 0 Å². The molecule has 0 aromatic heterocycles. The van der Waals surface area contributed by atoms with E-state index in [4.69, 9.17) is 10.00 Å². The molecule has 1 saturated heterocycles. The minimum atomic E-state index is -0.775. The third kappa shape index (κ3) is 3.70. The second kappa shape index (κ2) is 6.97. The molecule has 3 atom stereocenters. The van der Waals surface area contributed by atoms with Crippen LogP contribution in [0, 0.1) is 23.2 Å². The normalized spacial score (nSPS) is 21.7. The van der Waals surface area contributed by atoms with E-state index in [1.165, 1.54) is 7.11 Å². The van der Waals surface area contributed by atoms with Crippen LogP contribution in [0.15, 0.2) is 0 Å². The highest BCUT2D eigenvalue weighted by molar-refractivity contribution is 5.86. The highest BCUT2D eigenvalue weighted by Gasteiger charge is 2.31. The van der Waals surface area contributed by atoms with E-state index in [2.05, 4.69) is 10.1 Å². The van der Waals surface area contributed by atoms with Crippen molar-refractivity contribution in [3.63, 3.8) is 0 Å². The van der Waals surface area contributed by atoms with Crippen molar-refractivity contribution in [3.05, 3.63) is 0 Å². The van der Waals surface area contributed by atoms with Crippen LogP contribution in [0.4, 0.5) is 0 Å². The molecule has 1 amide bonds. The maximum atomic E-state index is 11.9. The van der Waals surface area contributed by atoms with Crippen LogP contribution < -0.4 is 5.32 Å². The highest BCUT2D eigenvalue weighted by Crippen LogP contribution is 2.15. The molecule has 0 aromatic carbocycles. The number of nitriles is 1. The van der Waals surface area contributed by atoms with Crippen molar-refractivity contribution in [1.82, 2.24) is 5.32 Å². The molecular weight excluding hydrogens is 236 g/mol. The molecule has 0 bridgehead atoms. The van der Waals surface area contributed by atoms with Gasteiger partial charge in [0.25, 0.3) is 0 Å². The fourth-order valence-corrected chi connectivity index (χ4v) is 1.83. The molecule has 0 unspecified atom stereocenters. The molecular formula is C12H18N2O4. The van der Waals surface area contributed by atoms with E-state index in [1.54, 1.807) is 6.92 Å². The number of hydrogen-bond acceptors (Lipinski definition) is 5. The van der Waals surface area contributed by atoms with Crippen LogP contribution >= 0.6 is 0 Å². The molecule has 1 heterocycles. The summed E-state index contributed by atoms with van der Waals surface area (Å²) in [5.74, 6) is -1.24. The zero-order valence-electron chi connectivity index (χ0n) is 10.6. The number of amides is 1. The molecule has 6 nitrogen and oxygen atoms in total. The molecule has 1 rings (SSSR count). The topological polar surface area (TPSA) is 88.4 Å². The van der Waals surface area contributed by atoms with Gasteiger partial charge in [-0.15, -0.1) is 0 Å². The first kappa shape index (κ1) is 14.5. The number of nitrogens with zero attached hydrogens (tertiary/aromatic N) is 1. The van der Waals surface area contributed by atoms with Crippen molar-refractivity contribution in [3.8, 4) is 6.07 Å². The summed E-state index contributed by atoms with van der Waals surface area (Å²) >= 11 is 0. The molecule has 1 aliphatic heterocycles. The van der Waals surface area contributed by atoms with E-state index in [1.807, 2.05) is 6.07 Å². The Morgan fingerprint density at radius 3 is 2.83 bits per heavy atom. The summed E-state index contributed by atoms with van der Waals surface area (Å²) in [6.07, 6.45) is 0.841. The predicted molar refractivity (Wildman–Crippen MR) is 62.3 cm³/mol. The van der Waals surface area contributed by atoms with Gasteiger partial charge in [0, 0.05) is 18.9 Å². The Bertz CT molecular complexity index is 344. The number of rotatable bonds is 5. The Kier molecular flexibility index (Phi) is 5.59. The first-order chi connectivity index (χ1) is 8.60. The lowest BCUT2D eigenvalue weighted by Gasteiger charge is -2.22. The number of hydrogen-bond donors (Lipinski definition) is 1. The van der Waals surface area contributed by atoms with Gasteiger partial charge in [-0.05, 0) is 6.42 Å². The van der Waals surface area contributed by atoms with Crippen molar-refractivity contribution in [2.75, 3.05) is 20.3 Å². The molecule has 0 saturated carbocycles. The van der Waals surface area contributed by atoms with Crippen LogP contribution in [0.5, 0.6) is 0 Å². The van der Waals surface area contributed by atoms with Gasteiger partial charge in [-0.25, -0.2) is 4.79 Å². The Morgan fingerprint density at radius 1 is 1.61 bits per heavy atom. The second-order valence-electron chi connectivity index (χ2n) is 4.41. The third-order valence-electron chi connectivity index (χ3n) is 3.04. The Balaban J connectivity index is 2.62. The zero-order chi connectivity index (χ0) is 13.5. The van der Waals surface area contributed by atoms with Gasteiger partial charge >= 0.3 is 5.97 Å². The zero-order valence-corrected chi connectivity index (χ0v) is 10.6. The molecule has 6 heteroatoms. The van der Waals surface area contributed by atoms with Gasteiger partial charge in [-0.1, -0.05) is 6.92 Å². The van der Waals surface area contributed by atoms with Crippen molar-refractivity contribution in [1.29, 1.82) is 5.26 Å². The average Bonchev–Trinajstić information content (AvgIpc) is 2.88. The van der Waals surface area contributed by atoms with E-state index < -0.39 is 12.0 Å². The van der Waals surface area contributed by atoms with Crippen LogP contribution in [-0.4, -0.2) is 38.2 Å². The summed E-state index contributed by atoms with van der Waals surface area (Å²) in [5.41, 5.74) is 0. The van der Waals surface area contributed by atoms with Crippen molar-refractivity contribution in [2.24, 2.45) is 11.8 Å². The molecule has 0 spiro atoms. The number of esters is 1.